The predicted octanol–water partition coefficient (Wildman–Crippen LogP) is 0.424. The van der Waals surface area contributed by atoms with Gasteiger partial charge in [0.05, 0.1) is 0 Å². The van der Waals surface area contributed by atoms with Crippen LogP contribution in [-0.2, 0) is 0 Å². The highest BCUT2D eigenvalue weighted by molar-refractivity contribution is 5.75. The molecule has 2 N–H and O–H groups in total. The molecule has 12 heavy (non-hydrogen) atoms. The molecular formula is C8H10N4. The fourth-order valence-corrected chi connectivity index (χ4v) is 1.21. The van der Waals surface area contributed by atoms with Gasteiger partial charge in [0.25, 0.3) is 0 Å². The smallest absolute Gasteiger partial charge is 0.0325 e. The van der Waals surface area contributed by atoms with E-state index < -0.39 is 0 Å². The van der Waals surface area contributed by atoms with Crippen LogP contribution in [-0.4, -0.2) is 12.4 Å². The lowest BCUT2D eigenvalue weighted by atomic mass is 9.93. The lowest BCUT2D eigenvalue weighted by molar-refractivity contribution is 0.715. The van der Waals surface area contributed by atoms with Gasteiger partial charge in [0.15, 0.2) is 0 Å². The Hall–Kier alpha value is -1.58. The monoisotopic (exact) mass is 162 g/mol. The standard InChI is InChI=1S/C8H10N4/c1-3-9-11-5-7(1)8-2-4-10-12-6-8/h1-10H. The van der Waals surface area contributed by atoms with E-state index in [1.807, 2.05) is 24.8 Å². The van der Waals surface area contributed by atoms with Crippen LogP contribution < -0.4 is 10.9 Å². The number of hydrogen-bond donors (Lipinski definition) is 2. The average Bonchev–Trinajstić information content (AvgIpc) is 2.21. The summed E-state index contributed by atoms with van der Waals surface area (Å²) >= 11 is 0. The normalized spacial score (nSPS) is 31.3. The van der Waals surface area contributed by atoms with Gasteiger partial charge >= 0.3 is 0 Å². The van der Waals surface area contributed by atoms with Gasteiger partial charge in [-0.2, -0.15) is 10.2 Å². The van der Waals surface area contributed by atoms with Crippen LogP contribution in [0.3, 0.4) is 0 Å². The van der Waals surface area contributed by atoms with Gasteiger partial charge in [-0.05, 0) is 0 Å². The van der Waals surface area contributed by atoms with E-state index in [0.29, 0.717) is 11.8 Å². The maximum Gasteiger partial charge on any atom is 0.0325 e. The number of hydrazone groups is 2. The highest BCUT2D eigenvalue weighted by atomic mass is 15.3. The molecule has 2 heterocycles. The first-order valence-electron chi connectivity index (χ1n) is 3.87. The van der Waals surface area contributed by atoms with Crippen LogP contribution in [0.2, 0.25) is 0 Å². The number of nitrogens with zero attached hydrogens (tertiary/aromatic N) is 2. The molecule has 2 unspecified atom stereocenters. The van der Waals surface area contributed by atoms with Gasteiger partial charge in [-0.3, -0.25) is 10.9 Å². The second kappa shape index (κ2) is 3.21. The van der Waals surface area contributed by atoms with Gasteiger partial charge in [-0.1, -0.05) is 12.2 Å². The maximum absolute atomic E-state index is 3.96. The average molecular weight is 162 g/mol. The Bertz CT molecular complexity index is 212. The third-order valence-electron chi connectivity index (χ3n) is 1.87. The van der Waals surface area contributed by atoms with Crippen LogP contribution >= 0.6 is 0 Å². The zero-order chi connectivity index (χ0) is 8.23. The maximum atomic E-state index is 3.96. The van der Waals surface area contributed by atoms with E-state index in [9.17, 15) is 0 Å². The Balaban J connectivity index is 2.07. The summed E-state index contributed by atoms with van der Waals surface area (Å²) in [5.41, 5.74) is 5.52. The van der Waals surface area contributed by atoms with E-state index >= 15 is 0 Å². The second-order valence-corrected chi connectivity index (χ2v) is 2.69. The van der Waals surface area contributed by atoms with E-state index in [2.05, 4.69) is 33.2 Å². The first-order valence-corrected chi connectivity index (χ1v) is 3.87. The van der Waals surface area contributed by atoms with Crippen LogP contribution in [0.5, 0.6) is 0 Å². The van der Waals surface area contributed by atoms with Crippen LogP contribution in [0.1, 0.15) is 0 Å². The fourth-order valence-electron chi connectivity index (χ4n) is 1.21. The molecule has 0 saturated heterocycles. The Kier molecular flexibility index (Phi) is 1.90. The molecule has 0 aromatic heterocycles. The molecule has 0 amide bonds. The predicted molar refractivity (Wildman–Crippen MR) is 48.5 cm³/mol. The zero-order valence-electron chi connectivity index (χ0n) is 6.51. The lowest BCUT2D eigenvalue weighted by Crippen LogP contribution is -2.21. The molecule has 0 aliphatic carbocycles. The molecule has 2 rings (SSSR count). The summed E-state index contributed by atoms with van der Waals surface area (Å²) < 4.78 is 0. The molecular weight excluding hydrogens is 152 g/mol. The Labute approximate surface area is 70.7 Å². The van der Waals surface area contributed by atoms with Crippen molar-refractivity contribution in [3.8, 4) is 0 Å². The molecule has 2 aliphatic heterocycles. The quantitative estimate of drug-likeness (QED) is 0.587. The van der Waals surface area contributed by atoms with Gasteiger partial charge in [-0.25, -0.2) is 0 Å². The molecule has 4 heteroatoms. The molecule has 0 aromatic carbocycles. The van der Waals surface area contributed by atoms with E-state index in [4.69, 9.17) is 0 Å². The summed E-state index contributed by atoms with van der Waals surface area (Å²) in [7, 11) is 0. The Morgan fingerprint density at radius 1 is 0.833 bits per heavy atom. The van der Waals surface area contributed by atoms with Crippen molar-refractivity contribution >= 4 is 12.4 Å². The van der Waals surface area contributed by atoms with E-state index in [1.54, 1.807) is 0 Å². The van der Waals surface area contributed by atoms with E-state index in [0.717, 1.165) is 0 Å². The number of hydrogen-bond acceptors (Lipinski definition) is 4. The molecule has 0 radical (unpaired) electrons. The number of rotatable bonds is 1. The SMILES string of the molecule is C1=CC(C2C=CNN=C2)C=NN1. The fraction of sp³-hybridized carbons (Fsp3) is 0.250. The van der Waals surface area contributed by atoms with Gasteiger partial charge in [0, 0.05) is 36.7 Å². The van der Waals surface area contributed by atoms with Crippen molar-refractivity contribution in [2.24, 2.45) is 22.0 Å². The van der Waals surface area contributed by atoms with Crippen LogP contribution in [0.15, 0.2) is 34.8 Å². The van der Waals surface area contributed by atoms with Crippen LogP contribution in [0.4, 0.5) is 0 Å². The largest absolute Gasteiger partial charge is 0.286 e. The van der Waals surface area contributed by atoms with Crippen molar-refractivity contribution in [1.29, 1.82) is 0 Å². The van der Waals surface area contributed by atoms with Crippen molar-refractivity contribution in [3.05, 3.63) is 24.6 Å². The summed E-state index contributed by atoms with van der Waals surface area (Å²) in [6.07, 6.45) is 11.6. The van der Waals surface area contributed by atoms with Crippen molar-refractivity contribution < 1.29 is 0 Å². The minimum Gasteiger partial charge on any atom is -0.286 e. The highest BCUT2D eigenvalue weighted by Crippen LogP contribution is 2.14. The summed E-state index contributed by atoms with van der Waals surface area (Å²) in [5, 5.41) is 7.91. The van der Waals surface area contributed by atoms with E-state index in [1.165, 1.54) is 0 Å². The molecule has 62 valence electrons. The molecule has 0 bridgehead atoms. The molecule has 0 fully saturated rings. The first kappa shape index (κ1) is 7.09. The lowest BCUT2D eigenvalue weighted by Gasteiger charge is -2.17. The van der Waals surface area contributed by atoms with Crippen LogP contribution in [0.25, 0.3) is 0 Å². The highest BCUT2D eigenvalue weighted by Gasteiger charge is 2.15. The summed E-state index contributed by atoms with van der Waals surface area (Å²) in [6, 6.07) is 0. The first-order chi connectivity index (χ1) is 5.97. The van der Waals surface area contributed by atoms with Crippen molar-refractivity contribution in [2.75, 3.05) is 0 Å². The van der Waals surface area contributed by atoms with Crippen molar-refractivity contribution in [3.63, 3.8) is 0 Å². The molecule has 2 aliphatic rings. The Morgan fingerprint density at radius 2 is 1.33 bits per heavy atom. The molecule has 0 aromatic rings. The third-order valence-corrected chi connectivity index (χ3v) is 1.87. The zero-order valence-corrected chi connectivity index (χ0v) is 6.51. The van der Waals surface area contributed by atoms with Gasteiger partial charge in [-0.15, -0.1) is 0 Å². The minimum atomic E-state index is 0.327. The number of allylic oxidation sites excluding steroid dienone is 2. The van der Waals surface area contributed by atoms with Gasteiger partial charge in [0.1, 0.15) is 0 Å². The Morgan fingerprint density at radius 3 is 1.67 bits per heavy atom. The van der Waals surface area contributed by atoms with Gasteiger partial charge in [0.2, 0.25) is 0 Å². The van der Waals surface area contributed by atoms with Gasteiger partial charge < -0.3 is 0 Å². The molecule has 2 atom stereocenters. The molecule has 0 spiro atoms. The second-order valence-electron chi connectivity index (χ2n) is 2.69. The van der Waals surface area contributed by atoms with Crippen molar-refractivity contribution in [2.45, 2.75) is 0 Å². The molecule has 4 nitrogen and oxygen atoms in total. The van der Waals surface area contributed by atoms with Crippen LogP contribution in [0, 0.1) is 11.8 Å². The topological polar surface area (TPSA) is 48.8 Å². The summed E-state index contributed by atoms with van der Waals surface area (Å²) in [4.78, 5) is 0. The summed E-state index contributed by atoms with van der Waals surface area (Å²) in [5.74, 6) is 0.654. The molecule has 0 saturated carbocycles. The number of nitrogens with one attached hydrogen (secondary N) is 2. The minimum absolute atomic E-state index is 0.327. The third kappa shape index (κ3) is 1.37. The van der Waals surface area contributed by atoms with E-state index in [-0.39, 0.29) is 0 Å². The van der Waals surface area contributed by atoms with Crippen molar-refractivity contribution in [1.82, 2.24) is 10.9 Å². The summed E-state index contributed by atoms with van der Waals surface area (Å²) in [6.45, 7) is 0.